The number of rotatable bonds is 3. The second-order valence-electron chi connectivity index (χ2n) is 6.94. The van der Waals surface area contributed by atoms with Gasteiger partial charge in [-0.05, 0) is 36.1 Å². The van der Waals surface area contributed by atoms with E-state index >= 15 is 0 Å². The van der Waals surface area contributed by atoms with E-state index < -0.39 is 0 Å². The van der Waals surface area contributed by atoms with Gasteiger partial charge in [0.1, 0.15) is 11.5 Å². The van der Waals surface area contributed by atoms with Crippen LogP contribution in [-0.2, 0) is 0 Å². The molecule has 5 rings (SSSR count). The summed E-state index contributed by atoms with van der Waals surface area (Å²) in [6.07, 6.45) is 2.78. The standard InChI is InChI=1S/C21H17FN4OS/c22-16-6-7-19-15(10-16)11-20(28-19)21(27)25-9-8-17(12-25)26-13-18(23-24-26)14-4-2-1-3-5-14/h1-7,10-11,13,17H,8-9,12H2/t17-/m1/s1. The van der Waals surface area contributed by atoms with Gasteiger partial charge in [-0.1, -0.05) is 35.5 Å². The largest absolute Gasteiger partial charge is 0.336 e. The Morgan fingerprint density at radius 1 is 1.14 bits per heavy atom. The summed E-state index contributed by atoms with van der Waals surface area (Å²) >= 11 is 1.41. The average Bonchev–Trinajstić information content (AvgIpc) is 3.46. The van der Waals surface area contributed by atoms with E-state index in [1.54, 1.807) is 12.1 Å². The Bertz CT molecular complexity index is 1150. The number of nitrogens with zero attached hydrogens (tertiary/aromatic N) is 4. The van der Waals surface area contributed by atoms with E-state index in [9.17, 15) is 9.18 Å². The highest BCUT2D eigenvalue weighted by Crippen LogP contribution is 2.30. The maximum absolute atomic E-state index is 13.4. The zero-order valence-electron chi connectivity index (χ0n) is 15.0. The third-order valence-corrected chi connectivity index (χ3v) is 6.20. The molecule has 1 atom stereocenters. The van der Waals surface area contributed by atoms with Gasteiger partial charge in [0.25, 0.3) is 5.91 Å². The van der Waals surface area contributed by atoms with Crippen LogP contribution in [0.15, 0.2) is 60.8 Å². The first-order valence-corrected chi connectivity index (χ1v) is 9.95. The maximum Gasteiger partial charge on any atom is 0.264 e. The number of halogens is 1. The number of likely N-dealkylation sites (tertiary alicyclic amines) is 1. The molecule has 2 aromatic heterocycles. The van der Waals surface area contributed by atoms with E-state index in [-0.39, 0.29) is 17.8 Å². The molecule has 140 valence electrons. The van der Waals surface area contributed by atoms with Gasteiger partial charge in [0.05, 0.1) is 17.1 Å². The van der Waals surface area contributed by atoms with Gasteiger partial charge < -0.3 is 4.90 Å². The molecule has 1 amide bonds. The van der Waals surface area contributed by atoms with Crippen LogP contribution in [0.1, 0.15) is 22.1 Å². The number of hydrogen-bond donors (Lipinski definition) is 0. The van der Waals surface area contributed by atoms with Gasteiger partial charge >= 0.3 is 0 Å². The van der Waals surface area contributed by atoms with Crippen molar-refractivity contribution in [2.24, 2.45) is 0 Å². The molecule has 4 aromatic rings. The van der Waals surface area contributed by atoms with Gasteiger partial charge in [0.15, 0.2) is 0 Å². The zero-order valence-corrected chi connectivity index (χ0v) is 15.8. The summed E-state index contributed by atoms with van der Waals surface area (Å²) in [5.41, 5.74) is 1.86. The minimum atomic E-state index is -0.286. The lowest BCUT2D eigenvalue weighted by Gasteiger charge is -2.15. The van der Waals surface area contributed by atoms with Crippen molar-refractivity contribution in [2.75, 3.05) is 13.1 Å². The molecule has 3 heterocycles. The molecule has 1 saturated heterocycles. The van der Waals surface area contributed by atoms with E-state index in [4.69, 9.17) is 0 Å². The molecule has 0 N–H and O–H groups in total. The van der Waals surface area contributed by atoms with Crippen molar-refractivity contribution in [3.8, 4) is 11.3 Å². The van der Waals surface area contributed by atoms with Crippen molar-refractivity contribution in [1.82, 2.24) is 19.9 Å². The predicted molar refractivity (Wildman–Crippen MR) is 107 cm³/mol. The fraction of sp³-hybridized carbons (Fsp3) is 0.190. The first-order chi connectivity index (χ1) is 13.7. The van der Waals surface area contributed by atoms with Crippen LogP contribution < -0.4 is 0 Å². The number of amides is 1. The topological polar surface area (TPSA) is 51.0 Å². The summed E-state index contributed by atoms with van der Waals surface area (Å²) in [7, 11) is 0. The molecule has 0 unspecified atom stereocenters. The van der Waals surface area contributed by atoms with Gasteiger partial charge in [0.2, 0.25) is 0 Å². The number of thiophene rings is 1. The summed E-state index contributed by atoms with van der Waals surface area (Å²) in [5, 5.41) is 9.32. The van der Waals surface area contributed by atoms with Gasteiger partial charge in [0, 0.05) is 23.4 Å². The molecule has 2 aromatic carbocycles. The molecule has 0 aliphatic carbocycles. The summed E-state index contributed by atoms with van der Waals surface area (Å²) in [6.45, 7) is 1.27. The number of hydrogen-bond acceptors (Lipinski definition) is 4. The Balaban J connectivity index is 1.32. The summed E-state index contributed by atoms with van der Waals surface area (Å²) < 4.78 is 16.2. The van der Waals surface area contributed by atoms with Gasteiger partial charge in [-0.15, -0.1) is 16.4 Å². The Hall–Kier alpha value is -3.06. The smallest absolute Gasteiger partial charge is 0.264 e. The van der Waals surface area contributed by atoms with Crippen molar-refractivity contribution in [3.63, 3.8) is 0 Å². The Labute approximate surface area is 165 Å². The number of fused-ring (bicyclic) bond motifs is 1. The minimum Gasteiger partial charge on any atom is -0.336 e. The van der Waals surface area contributed by atoms with Crippen LogP contribution in [0.4, 0.5) is 4.39 Å². The van der Waals surface area contributed by atoms with Crippen LogP contribution in [0.3, 0.4) is 0 Å². The van der Waals surface area contributed by atoms with Crippen molar-refractivity contribution in [2.45, 2.75) is 12.5 Å². The van der Waals surface area contributed by atoms with Crippen LogP contribution in [0, 0.1) is 5.82 Å². The lowest BCUT2D eigenvalue weighted by atomic mass is 10.2. The molecular formula is C21H17FN4OS. The normalized spacial score (nSPS) is 16.8. The van der Waals surface area contributed by atoms with Gasteiger partial charge in [-0.2, -0.15) is 0 Å². The van der Waals surface area contributed by atoms with Gasteiger partial charge in [-0.3, -0.25) is 4.79 Å². The number of aromatic nitrogens is 3. The van der Waals surface area contributed by atoms with Crippen molar-refractivity contribution in [1.29, 1.82) is 0 Å². The third kappa shape index (κ3) is 3.07. The predicted octanol–water partition coefficient (Wildman–Crippen LogP) is 4.39. The first-order valence-electron chi connectivity index (χ1n) is 9.13. The Morgan fingerprint density at radius 3 is 2.86 bits per heavy atom. The number of carbonyl (C=O) groups excluding carboxylic acids is 1. The second kappa shape index (κ2) is 6.83. The van der Waals surface area contributed by atoms with Crippen LogP contribution in [-0.4, -0.2) is 38.9 Å². The third-order valence-electron chi connectivity index (χ3n) is 5.09. The van der Waals surface area contributed by atoms with Crippen LogP contribution in [0.25, 0.3) is 21.3 Å². The van der Waals surface area contributed by atoms with Crippen LogP contribution in [0.5, 0.6) is 0 Å². The van der Waals surface area contributed by atoms with Crippen molar-refractivity contribution < 1.29 is 9.18 Å². The highest BCUT2D eigenvalue weighted by Gasteiger charge is 2.29. The molecule has 28 heavy (non-hydrogen) atoms. The highest BCUT2D eigenvalue weighted by atomic mass is 32.1. The van der Waals surface area contributed by atoms with E-state index in [2.05, 4.69) is 10.3 Å². The molecule has 1 aliphatic rings. The Morgan fingerprint density at radius 2 is 2.00 bits per heavy atom. The number of benzene rings is 2. The van der Waals surface area contributed by atoms with Crippen molar-refractivity contribution >= 4 is 27.3 Å². The molecule has 0 bridgehead atoms. The first kappa shape index (κ1) is 17.1. The molecule has 7 heteroatoms. The number of carbonyl (C=O) groups is 1. The summed E-state index contributed by atoms with van der Waals surface area (Å²) in [6, 6.07) is 16.4. The average molecular weight is 392 g/mol. The summed E-state index contributed by atoms with van der Waals surface area (Å²) in [5.74, 6) is -0.293. The molecule has 1 aliphatic heterocycles. The van der Waals surface area contributed by atoms with Crippen LogP contribution >= 0.6 is 11.3 Å². The van der Waals surface area contributed by atoms with E-state index in [0.717, 1.165) is 27.8 Å². The van der Waals surface area contributed by atoms with Crippen LogP contribution in [0.2, 0.25) is 0 Å². The molecular weight excluding hydrogens is 375 g/mol. The van der Waals surface area contributed by atoms with Gasteiger partial charge in [-0.25, -0.2) is 9.07 Å². The van der Waals surface area contributed by atoms with E-state index in [1.807, 2.05) is 46.1 Å². The molecule has 0 saturated carbocycles. The Kier molecular flexibility index (Phi) is 4.16. The van der Waals surface area contributed by atoms with Crippen molar-refractivity contribution in [3.05, 3.63) is 71.5 Å². The lowest BCUT2D eigenvalue weighted by molar-refractivity contribution is 0.0792. The fourth-order valence-electron chi connectivity index (χ4n) is 3.61. The second-order valence-corrected chi connectivity index (χ2v) is 8.02. The molecule has 5 nitrogen and oxygen atoms in total. The monoisotopic (exact) mass is 392 g/mol. The molecule has 0 radical (unpaired) electrons. The molecule has 1 fully saturated rings. The molecule has 0 spiro atoms. The highest BCUT2D eigenvalue weighted by molar-refractivity contribution is 7.20. The minimum absolute atomic E-state index is 0.00694. The fourth-order valence-corrected chi connectivity index (χ4v) is 4.63. The summed E-state index contributed by atoms with van der Waals surface area (Å²) in [4.78, 5) is 15.4. The van der Waals surface area contributed by atoms with E-state index in [1.165, 1.54) is 23.5 Å². The SMILES string of the molecule is O=C(c1cc2cc(F)ccc2s1)N1CC[C@@H](n2cc(-c3ccccc3)nn2)C1. The quantitative estimate of drug-likeness (QED) is 0.520. The van der Waals surface area contributed by atoms with E-state index in [0.29, 0.717) is 18.0 Å². The zero-order chi connectivity index (χ0) is 19.1. The maximum atomic E-state index is 13.4. The lowest BCUT2D eigenvalue weighted by Crippen LogP contribution is -2.28.